The number of nitrogens with one attached hydrogen (secondary N) is 1. The molecule has 3 aromatic rings. The molecule has 1 aromatic carbocycles. The number of nitrogens with zero attached hydrogens (tertiary/aromatic N) is 2. The Hall–Kier alpha value is -2.60. The molecule has 2 aromatic heterocycles. The number of pyridine rings is 1. The maximum atomic E-state index is 13.8. The van der Waals surface area contributed by atoms with E-state index in [-0.39, 0.29) is 11.7 Å². The molecule has 0 aliphatic heterocycles. The lowest BCUT2D eigenvalue weighted by Crippen LogP contribution is -2.11. The van der Waals surface area contributed by atoms with E-state index in [9.17, 15) is 9.18 Å². The molecule has 0 bridgehead atoms. The highest BCUT2D eigenvalue weighted by Gasteiger charge is 2.18. The van der Waals surface area contributed by atoms with Gasteiger partial charge in [-0.1, -0.05) is 12.1 Å². The molecule has 22 heavy (non-hydrogen) atoms. The SMILES string of the molecule is Cc1nc(-c2ccccc2F)sc1C(=O)Nc1cccnc1. The van der Waals surface area contributed by atoms with Crippen LogP contribution in [0, 0.1) is 12.7 Å². The van der Waals surface area contributed by atoms with Crippen molar-refractivity contribution in [2.24, 2.45) is 0 Å². The lowest BCUT2D eigenvalue weighted by atomic mass is 10.2. The Morgan fingerprint density at radius 3 is 2.77 bits per heavy atom. The van der Waals surface area contributed by atoms with Crippen molar-refractivity contribution in [3.8, 4) is 10.6 Å². The van der Waals surface area contributed by atoms with Gasteiger partial charge in [-0.05, 0) is 31.2 Å². The largest absolute Gasteiger partial charge is 0.320 e. The summed E-state index contributed by atoms with van der Waals surface area (Å²) in [7, 11) is 0. The van der Waals surface area contributed by atoms with Gasteiger partial charge in [-0.2, -0.15) is 0 Å². The fourth-order valence-electron chi connectivity index (χ4n) is 1.98. The molecule has 0 atom stereocenters. The fourth-order valence-corrected chi connectivity index (χ4v) is 2.97. The highest BCUT2D eigenvalue weighted by Crippen LogP contribution is 2.30. The summed E-state index contributed by atoms with van der Waals surface area (Å²) in [4.78, 5) is 21.0. The minimum Gasteiger partial charge on any atom is -0.320 e. The first-order chi connectivity index (χ1) is 10.6. The molecular weight excluding hydrogens is 301 g/mol. The van der Waals surface area contributed by atoms with Gasteiger partial charge in [0.25, 0.3) is 5.91 Å². The van der Waals surface area contributed by atoms with Gasteiger partial charge in [0.15, 0.2) is 0 Å². The number of rotatable bonds is 3. The van der Waals surface area contributed by atoms with Crippen LogP contribution in [-0.4, -0.2) is 15.9 Å². The number of amides is 1. The Morgan fingerprint density at radius 1 is 1.23 bits per heavy atom. The zero-order valence-corrected chi connectivity index (χ0v) is 12.5. The number of carbonyl (C=O) groups excluding carboxylic acids is 1. The molecule has 1 N–H and O–H groups in total. The quantitative estimate of drug-likeness (QED) is 0.797. The molecule has 110 valence electrons. The summed E-state index contributed by atoms with van der Waals surface area (Å²) >= 11 is 1.17. The van der Waals surface area contributed by atoms with Crippen molar-refractivity contribution < 1.29 is 9.18 Å². The molecule has 0 unspecified atom stereocenters. The van der Waals surface area contributed by atoms with Crippen molar-refractivity contribution in [2.75, 3.05) is 5.32 Å². The van der Waals surface area contributed by atoms with Crippen LogP contribution in [0.15, 0.2) is 48.8 Å². The third kappa shape index (κ3) is 2.87. The van der Waals surface area contributed by atoms with E-state index in [0.29, 0.717) is 26.8 Å². The zero-order valence-electron chi connectivity index (χ0n) is 11.7. The number of anilines is 1. The van der Waals surface area contributed by atoms with Crippen molar-refractivity contribution >= 4 is 22.9 Å². The molecule has 0 saturated carbocycles. The predicted octanol–water partition coefficient (Wildman–Crippen LogP) is 3.90. The number of hydrogen-bond acceptors (Lipinski definition) is 4. The number of benzene rings is 1. The van der Waals surface area contributed by atoms with Crippen LogP contribution >= 0.6 is 11.3 Å². The first-order valence-corrected chi connectivity index (χ1v) is 7.40. The van der Waals surface area contributed by atoms with Crippen LogP contribution in [0.4, 0.5) is 10.1 Å². The first-order valence-electron chi connectivity index (χ1n) is 6.59. The maximum Gasteiger partial charge on any atom is 0.267 e. The number of aromatic nitrogens is 2. The molecule has 0 aliphatic carbocycles. The van der Waals surface area contributed by atoms with E-state index < -0.39 is 0 Å². The smallest absolute Gasteiger partial charge is 0.267 e. The number of hydrogen-bond donors (Lipinski definition) is 1. The van der Waals surface area contributed by atoms with E-state index in [4.69, 9.17) is 0 Å². The summed E-state index contributed by atoms with van der Waals surface area (Å²) < 4.78 is 13.8. The fraction of sp³-hybridized carbons (Fsp3) is 0.0625. The van der Waals surface area contributed by atoms with Crippen LogP contribution in [0.5, 0.6) is 0 Å². The Balaban J connectivity index is 1.90. The summed E-state index contributed by atoms with van der Waals surface area (Å²) in [6, 6.07) is 9.87. The van der Waals surface area contributed by atoms with Gasteiger partial charge in [-0.3, -0.25) is 9.78 Å². The molecule has 3 rings (SSSR count). The van der Waals surface area contributed by atoms with Crippen LogP contribution in [0.3, 0.4) is 0 Å². The summed E-state index contributed by atoms with van der Waals surface area (Å²) in [6.07, 6.45) is 3.19. The standard InChI is InChI=1S/C16H12FN3OS/c1-10-14(15(21)20-11-5-4-8-18-9-11)22-16(19-10)12-6-2-3-7-13(12)17/h2-9H,1H3,(H,20,21). The minimum absolute atomic E-state index is 0.273. The topological polar surface area (TPSA) is 54.9 Å². The molecular formula is C16H12FN3OS. The van der Waals surface area contributed by atoms with Crippen molar-refractivity contribution in [1.82, 2.24) is 9.97 Å². The molecule has 0 spiro atoms. The zero-order chi connectivity index (χ0) is 15.5. The van der Waals surface area contributed by atoms with Crippen LogP contribution in [0.1, 0.15) is 15.4 Å². The molecule has 0 radical (unpaired) electrons. The van der Waals surface area contributed by atoms with Crippen molar-refractivity contribution in [2.45, 2.75) is 6.92 Å². The van der Waals surface area contributed by atoms with Gasteiger partial charge < -0.3 is 5.32 Å². The third-order valence-electron chi connectivity index (χ3n) is 3.03. The molecule has 4 nitrogen and oxygen atoms in total. The van der Waals surface area contributed by atoms with E-state index >= 15 is 0 Å². The lowest BCUT2D eigenvalue weighted by Gasteiger charge is -2.02. The van der Waals surface area contributed by atoms with E-state index in [1.54, 1.807) is 49.6 Å². The molecule has 0 fully saturated rings. The van der Waals surface area contributed by atoms with Crippen molar-refractivity contribution in [1.29, 1.82) is 0 Å². The van der Waals surface area contributed by atoms with Gasteiger partial charge in [0.1, 0.15) is 15.7 Å². The number of halogens is 1. The second kappa shape index (κ2) is 6.03. The molecule has 2 heterocycles. The summed E-state index contributed by atoms with van der Waals surface area (Å²) in [5.41, 5.74) is 1.58. The highest BCUT2D eigenvalue weighted by molar-refractivity contribution is 7.17. The number of carbonyl (C=O) groups is 1. The van der Waals surface area contributed by atoms with Crippen LogP contribution in [0.2, 0.25) is 0 Å². The normalized spacial score (nSPS) is 10.5. The van der Waals surface area contributed by atoms with Crippen LogP contribution < -0.4 is 5.32 Å². The van der Waals surface area contributed by atoms with Crippen molar-refractivity contribution in [3.63, 3.8) is 0 Å². The lowest BCUT2D eigenvalue weighted by molar-refractivity contribution is 0.103. The molecule has 0 saturated heterocycles. The average Bonchev–Trinajstić information content (AvgIpc) is 2.90. The Labute approximate surface area is 130 Å². The highest BCUT2D eigenvalue weighted by atomic mass is 32.1. The van der Waals surface area contributed by atoms with E-state index in [1.165, 1.54) is 17.4 Å². The molecule has 0 aliphatic rings. The van der Waals surface area contributed by atoms with E-state index in [2.05, 4.69) is 15.3 Å². The van der Waals surface area contributed by atoms with Crippen LogP contribution in [-0.2, 0) is 0 Å². The van der Waals surface area contributed by atoms with Gasteiger partial charge in [-0.15, -0.1) is 11.3 Å². The first kappa shape index (κ1) is 14.3. The van der Waals surface area contributed by atoms with Gasteiger partial charge in [0.05, 0.1) is 17.6 Å². The monoisotopic (exact) mass is 313 g/mol. The Morgan fingerprint density at radius 2 is 2.05 bits per heavy atom. The third-order valence-corrected chi connectivity index (χ3v) is 4.22. The van der Waals surface area contributed by atoms with Gasteiger partial charge in [-0.25, -0.2) is 9.37 Å². The van der Waals surface area contributed by atoms with Gasteiger partial charge in [0, 0.05) is 11.8 Å². The van der Waals surface area contributed by atoms with Crippen molar-refractivity contribution in [3.05, 3.63) is 65.2 Å². The molecule has 1 amide bonds. The number of aryl methyl sites for hydroxylation is 1. The second-order valence-electron chi connectivity index (χ2n) is 4.61. The minimum atomic E-state index is -0.351. The maximum absolute atomic E-state index is 13.8. The number of thiazole rings is 1. The second-order valence-corrected chi connectivity index (χ2v) is 5.61. The average molecular weight is 313 g/mol. The predicted molar refractivity (Wildman–Crippen MR) is 84.4 cm³/mol. The van der Waals surface area contributed by atoms with Gasteiger partial charge >= 0.3 is 0 Å². The molecule has 6 heteroatoms. The summed E-state index contributed by atoms with van der Waals surface area (Å²) in [5, 5.41) is 3.25. The van der Waals surface area contributed by atoms with E-state index in [1.807, 2.05) is 0 Å². The van der Waals surface area contributed by atoms with Crippen LogP contribution in [0.25, 0.3) is 10.6 Å². The Kier molecular flexibility index (Phi) is 3.93. The summed E-state index contributed by atoms with van der Waals surface area (Å²) in [5.74, 6) is -0.624. The Bertz CT molecular complexity index is 817. The van der Waals surface area contributed by atoms with Gasteiger partial charge in [0.2, 0.25) is 0 Å². The summed E-state index contributed by atoms with van der Waals surface area (Å²) in [6.45, 7) is 1.74. The van der Waals surface area contributed by atoms with E-state index in [0.717, 1.165) is 0 Å².